The number of thiophene rings is 1. The Morgan fingerprint density at radius 1 is 1.23 bits per heavy atom. The molecular formula is C22H29NO5S2. The average molecular weight is 452 g/mol. The molecule has 0 bridgehead atoms. The Labute approximate surface area is 182 Å². The van der Waals surface area contributed by atoms with Crippen molar-refractivity contribution >= 4 is 32.3 Å². The predicted molar refractivity (Wildman–Crippen MR) is 119 cm³/mol. The molecular weight excluding hydrogens is 422 g/mol. The van der Waals surface area contributed by atoms with Crippen LogP contribution in [0.2, 0.25) is 0 Å². The van der Waals surface area contributed by atoms with E-state index in [0.717, 1.165) is 36.1 Å². The topological polar surface area (TPSA) is 81.7 Å². The fourth-order valence-electron chi connectivity index (χ4n) is 3.87. The van der Waals surface area contributed by atoms with E-state index < -0.39 is 16.0 Å². The Hall–Kier alpha value is -2.06. The second-order valence-electron chi connectivity index (χ2n) is 8.26. The maximum absolute atomic E-state index is 12.9. The second-order valence-corrected chi connectivity index (χ2v) is 11.0. The molecule has 1 heterocycles. The van der Waals surface area contributed by atoms with Crippen molar-refractivity contribution in [1.29, 1.82) is 0 Å². The molecule has 3 rings (SSSR count). The molecule has 1 aromatic carbocycles. The summed E-state index contributed by atoms with van der Waals surface area (Å²) < 4.78 is 38.6. The number of sulfonamides is 1. The number of nitrogens with one attached hydrogen (secondary N) is 1. The third-order valence-electron chi connectivity index (χ3n) is 6.27. The number of anilines is 1. The van der Waals surface area contributed by atoms with Crippen LogP contribution < -0.4 is 9.46 Å². The Bertz CT molecular complexity index is 1020. The first kappa shape index (κ1) is 22.6. The van der Waals surface area contributed by atoms with Gasteiger partial charge in [0.15, 0.2) is 0 Å². The van der Waals surface area contributed by atoms with E-state index in [1.165, 1.54) is 37.7 Å². The van der Waals surface area contributed by atoms with Gasteiger partial charge in [0.2, 0.25) is 0 Å². The molecule has 0 aliphatic heterocycles. The molecule has 30 heavy (non-hydrogen) atoms. The highest BCUT2D eigenvalue weighted by Crippen LogP contribution is 2.46. The van der Waals surface area contributed by atoms with Gasteiger partial charge in [0.05, 0.1) is 24.7 Å². The van der Waals surface area contributed by atoms with Crippen LogP contribution in [0.25, 0.3) is 0 Å². The zero-order valence-corrected chi connectivity index (χ0v) is 19.7. The predicted octanol–water partition coefficient (Wildman–Crippen LogP) is 4.89. The second kappa shape index (κ2) is 8.59. The van der Waals surface area contributed by atoms with Gasteiger partial charge < -0.3 is 9.47 Å². The van der Waals surface area contributed by atoms with Crippen LogP contribution in [0.4, 0.5) is 5.00 Å². The van der Waals surface area contributed by atoms with Gasteiger partial charge in [-0.25, -0.2) is 13.2 Å². The van der Waals surface area contributed by atoms with Crippen LogP contribution in [0, 0.1) is 11.3 Å². The maximum atomic E-state index is 12.9. The summed E-state index contributed by atoms with van der Waals surface area (Å²) in [4.78, 5) is 13.7. The molecule has 1 N–H and O–H groups in total. The zero-order valence-electron chi connectivity index (χ0n) is 18.1. The summed E-state index contributed by atoms with van der Waals surface area (Å²) in [5, 5.41) is 0.331. The number of hydrogen-bond acceptors (Lipinski definition) is 6. The van der Waals surface area contributed by atoms with E-state index in [2.05, 4.69) is 25.5 Å². The fraction of sp³-hybridized carbons (Fsp3) is 0.500. The van der Waals surface area contributed by atoms with Crippen LogP contribution >= 0.6 is 11.3 Å². The number of carbonyl (C=O) groups is 1. The number of hydrogen-bond donors (Lipinski definition) is 1. The summed E-state index contributed by atoms with van der Waals surface area (Å²) in [5.74, 6) is 0.554. The number of rotatable bonds is 7. The van der Waals surface area contributed by atoms with Crippen LogP contribution in [-0.2, 0) is 27.6 Å². The lowest BCUT2D eigenvalue weighted by Crippen LogP contribution is -2.28. The smallest absolute Gasteiger partial charge is 0.341 e. The lowest BCUT2D eigenvalue weighted by atomic mass is 9.69. The zero-order chi connectivity index (χ0) is 22.1. The van der Waals surface area contributed by atoms with Crippen molar-refractivity contribution in [2.24, 2.45) is 11.3 Å². The summed E-state index contributed by atoms with van der Waals surface area (Å²) >= 11 is 1.35. The molecule has 8 heteroatoms. The third kappa shape index (κ3) is 4.34. The van der Waals surface area contributed by atoms with E-state index >= 15 is 0 Å². The minimum Gasteiger partial charge on any atom is -0.497 e. The van der Waals surface area contributed by atoms with Gasteiger partial charge in [-0.05, 0) is 60.4 Å². The first-order chi connectivity index (χ1) is 14.1. The van der Waals surface area contributed by atoms with Gasteiger partial charge >= 0.3 is 5.97 Å². The Kier molecular flexibility index (Phi) is 6.48. The summed E-state index contributed by atoms with van der Waals surface area (Å²) in [6, 6.07) is 6.14. The number of esters is 1. The van der Waals surface area contributed by atoms with Gasteiger partial charge in [-0.2, -0.15) is 0 Å². The summed E-state index contributed by atoms with van der Waals surface area (Å²) in [6.07, 6.45) is 3.63. The SMILES string of the molecule is CCC(C)(C)[C@H]1CCc2c(sc(NS(=O)(=O)c3ccc(OC)cc3)c2C(=O)OC)C1. The van der Waals surface area contributed by atoms with Gasteiger partial charge in [0, 0.05) is 4.88 Å². The lowest BCUT2D eigenvalue weighted by molar-refractivity contribution is 0.0600. The van der Waals surface area contributed by atoms with E-state index in [0.29, 0.717) is 22.2 Å². The minimum absolute atomic E-state index is 0.107. The molecule has 164 valence electrons. The van der Waals surface area contributed by atoms with Crippen LogP contribution in [0.15, 0.2) is 29.2 Å². The highest BCUT2D eigenvalue weighted by atomic mass is 32.2. The normalized spacial score (nSPS) is 16.6. The molecule has 0 amide bonds. The fourth-order valence-corrected chi connectivity index (χ4v) is 6.49. The van der Waals surface area contributed by atoms with Crippen LogP contribution in [0.5, 0.6) is 5.75 Å². The number of ether oxygens (including phenoxy) is 2. The molecule has 1 aliphatic rings. The van der Waals surface area contributed by atoms with E-state index in [4.69, 9.17) is 9.47 Å². The minimum atomic E-state index is -3.85. The van der Waals surface area contributed by atoms with Gasteiger partial charge in [-0.1, -0.05) is 27.2 Å². The van der Waals surface area contributed by atoms with Crippen LogP contribution in [0.1, 0.15) is 54.4 Å². The molecule has 0 unspecified atom stereocenters. The van der Waals surface area contributed by atoms with Crippen molar-refractivity contribution < 1.29 is 22.7 Å². The van der Waals surface area contributed by atoms with Gasteiger partial charge in [0.1, 0.15) is 10.8 Å². The first-order valence-corrected chi connectivity index (χ1v) is 12.3. The lowest BCUT2D eigenvalue weighted by Gasteiger charge is -2.36. The Morgan fingerprint density at radius 2 is 1.90 bits per heavy atom. The standard InChI is InChI=1S/C22H29NO5S2/c1-6-22(2,3)14-7-12-17-18(13-14)29-20(19(17)21(24)28-5)23-30(25,26)16-10-8-15(27-4)9-11-16/h8-11,14,23H,6-7,12-13H2,1-5H3/t14-/m0/s1. The number of methoxy groups -OCH3 is 2. The molecule has 1 aromatic heterocycles. The quantitative estimate of drug-likeness (QED) is 0.607. The highest BCUT2D eigenvalue weighted by molar-refractivity contribution is 7.93. The van der Waals surface area contributed by atoms with E-state index in [1.807, 2.05) is 0 Å². The molecule has 2 aromatic rings. The van der Waals surface area contributed by atoms with Gasteiger partial charge in [-0.3, -0.25) is 4.72 Å². The van der Waals surface area contributed by atoms with E-state index in [-0.39, 0.29) is 10.3 Å². The molecule has 0 fully saturated rings. The number of benzene rings is 1. The highest BCUT2D eigenvalue weighted by Gasteiger charge is 2.36. The van der Waals surface area contributed by atoms with Crippen molar-refractivity contribution in [2.75, 3.05) is 18.9 Å². The van der Waals surface area contributed by atoms with Crippen molar-refractivity contribution in [3.05, 3.63) is 40.3 Å². The molecule has 0 spiro atoms. The Morgan fingerprint density at radius 3 is 2.47 bits per heavy atom. The monoisotopic (exact) mass is 451 g/mol. The molecule has 6 nitrogen and oxygen atoms in total. The summed E-state index contributed by atoms with van der Waals surface area (Å²) in [7, 11) is -1.01. The van der Waals surface area contributed by atoms with Crippen LogP contribution in [0.3, 0.4) is 0 Å². The van der Waals surface area contributed by atoms with Crippen molar-refractivity contribution in [2.45, 2.75) is 51.3 Å². The molecule has 1 aliphatic carbocycles. The maximum Gasteiger partial charge on any atom is 0.341 e. The largest absolute Gasteiger partial charge is 0.497 e. The van der Waals surface area contributed by atoms with Crippen LogP contribution in [-0.4, -0.2) is 28.6 Å². The van der Waals surface area contributed by atoms with Crippen molar-refractivity contribution in [1.82, 2.24) is 0 Å². The first-order valence-electron chi connectivity index (χ1n) is 10.0. The van der Waals surface area contributed by atoms with E-state index in [9.17, 15) is 13.2 Å². The molecule has 0 radical (unpaired) electrons. The van der Waals surface area contributed by atoms with Gasteiger partial charge in [-0.15, -0.1) is 11.3 Å². The van der Waals surface area contributed by atoms with E-state index in [1.54, 1.807) is 12.1 Å². The third-order valence-corrected chi connectivity index (χ3v) is 8.93. The van der Waals surface area contributed by atoms with Gasteiger partial charge in [0.25, 0.3) is 10.0 Å². The number of fused-ring (bicyclic) bond motifs is 1. The van der Waals surface area contributed by atoms with Crippen molar-refractivity contribution in [3.63, 3.8) is 0 Å². The molecule has 0 saturated carbocycles. The van der Waals surface area contributed by atoms with Crippen molar-refractivity contribution in [3.8, 4) is 5.75 Å². The number of carbonyl (C=O) groups excluding carboxylic acids is 1. The average Bonchev–Trinajstić information content (AvgIpc) is 3.09. The molecule has 1 atom stereocenters. The summed E-state index contributed by atoms with van der Waals surface area (Å²) in [6.45, 7) is 6.73. The summed E-state index contributed by atoms with van der Waals surface area (Å²) in [5.41, 5.74) is 1.46. The molecule has 0 saturated heterocycles. The Balaban J connectivity index is 1.97.